The standard InChI is InChI=1S/C13H19BrN2O2/c1-4-15-8-9(2)13(17)16-10-5-6-12(18-3)11(14)7-10/h5-7,9,15H,4,8H2,1-3H3,(H,16,17). The van der Waals surface area contributed by atoms with Gasteiger partial charge in [0.05, 0.1) is 11.6 Å². The van der Waals surface area contributed by atoms with Gasteiger partial charge < -0.3 is 15.4 Å². The van der Waals surface area contributed by atoms with Crippen molar-refractivity contribution in [2.75, 3.05) is 25.5 Å². The Balaban J connectivity index is 2.61. The van der Waals surface area contributed by atoms with Gasteiger partial charge in [-0.3, -0.25) is 4.79 Å². The van der Waals surface area contributed by atoms with E-state index in [0.29, 0.717) is 6.54 Å². The number of hydrogen-bond acceptors (Lipinski definition) is 3. The molecule has 0 saturated heterocycles. The van der Waals surface area contributed by atoms with Crippen molar-refractivity contribution in [3.8, 4) is 5.75 Å². The van der Waals surface area contributed by atoms with Crippen molar-refractivity contribution in [3.05, 3.63) is 22.7 Å². The van der Waals surface area contributed by atoms with Gasteiger partial charge in [0, 0.05) is 18.2 Å². The largest absolute Gasteiger partial charge is 0.496 e. The fourth-order valence-electron chi connectivity index (χ4n) is 1.46. The van der Waals surface area contributed by atoms with Crippen molar-refractivity contribution in [3.63, 3.8) is 0 Å². The lowest BCUT2D eigenvalue weighted by Gasteiger charge is -2.13. The summed E-state index contributed by atoms with van der Waals surface area (Å²) in [7, 11) is 1.61. The molecule has 0 aromatic heterocycles. The first kappa shape index (κ1) is 15.0. The Morgan fingerprint density at radius 3 is 2.78 bits per heavy atom. The number of benzene rings is 1. The zero-order chi connectivity index (χ0) is 13.5. The van der Waals surface area contributed by atoms with Gasteiger partial charge in [-0.05, 0) is 40.7 Å². The zero-order valence-electron chi connectivity index (χ0n) is 10.9. The lowest BCUT2D eigenvalue weighted by Crippen LogP contribution is -2.30. The van der Waals surface area contributed by atoms with Crippen LogP contribution in [0.3, 0.4) is 0 Å². The van der Waals surface area contributed by atoms with Crippen molar-refractivity contribution in [1.82, 2.24) is 5.32 Å². The zero-order valence-corrected chi connectivity index (χ0v) is 12.5. The Labute approximate surface area is 116 Å². The van der Waals surface area contributed by atoms with Crippen molar-refractivity contribution in [2.24, 2.45) is 5.92 Å². The predicted octanol–water partition coefficient (Wildman–Crippen LogP) is 2.64. The average molecular weight is 315 g/mol. The summed E-state index contributed by atoms with van der Waals surface area (Å²) in [6.45, 7) is 5.47. The Morgan fingerprint density at radius 1 is 1.50 bits per heavy atom. The molecule has 0 saturated carbocycles. The SMILES string of the molecule is CCNCC(C)C(=O)Nc1ccc(OC)c(Br)c1. The van der Waals surface area contributed by atoms with E-state index in [1.54, 1.807) is 7.11 Å². The number of carbonyl (C=O) groups excluding carboxylic acids is 1. The number of nitrogens with one attached hydrogen (secondary N) is 2. The van der Waals surface area contributed by atoms with Crippen LogP contribution < -0.4 is 15.4 Å². The van der Waals surface area contributed by atoms with Crippen LogP contribution in [-0.2, 0) is 4.79 Å². The van der Waals surface area contributed by atoms with Crippen LogP contribution in [0.25, 0.3) is 0 Å². The van der Waals surface area contributed by atoms with Crippen molar-refractivity contribution < 1.29 is 9.53 Å². The highest BCUT2D eigenvalue weighted by Crippen LogP contribution is 2.27. The van der Waals surface area contributed by atoms with Crippen molar-refractivity contribution in [2.45, 2.75) is 13.8 Å². The van der Waals surface area contributed by atoms with E-state index in [1.165, 1.54) is 0 Å². The van der Waals surface area contributed by atoms with Crippen LogP contribution in [0, 0.1) is 5.92 Å². The molecule has 1 unspecified atom stereocenters. The molecule has 0 aliphatic heterocycles. The lowest BCUT2D eigenvalue weighted by atomic mass is 10.1. The molecule has 0 aliphatic carbocycles. The first-order valence-electron chi connectivity index (χ1n) is 5.93. The van der Waals surface area contributed by atoms with Gasteiger partial charge in [0.1, 0.15) is 5.75 Å². The van der Waals surface area contributed by atoms with E-state index in [-0.39, 0.29) is 11.8 Å². The maximum atomic E-state index is 11.9. The van der Waals surface area contributed by atoms with E-state index in [2.05, 4.69) is 26.6 Å². The van der Waals surface area contributed by atoms with Gasteiger partial charge >= 0.3 is 0 Å². The number of hydrogen-bond donors (Lipinski definition) is 2. The molecule has 4 nitrogen and oxygen atoms in total. The average Bonchev–Trinajstić information content (AvgIpc) is 2.36. The van der Waals surface area contributed by atoms with Crippen molar-refractivity contribution >= 4 is 27.5 Å². The minimum atomic E-state index is -0.0640. The molecule has 1 aromatic carbocycles. The fourth-order valence-corrected chi connectivity index (χ4v) is 2.00. The molecule has 0 aliphatic rings. The first-order valence-corrected chi connectivity index (χ1v) is 6.72. The molecule has 0 radical (unpaired) electrons. The third-order valence-electron chi connectivity index (χ3n) is 2.57. The second-order valence-corrected chi connectivity index (χ2v) is 4.90. The van der Waals surface area contributed by atoms with Gasteiger partial charge in [0.25, 0.3) is 0 Å². The summed E-state index contributed by atoms with van der Waals surface area (Å²) in [4.78, 5) is 11.9. The van der Waals surface area contributed by atoms with Crippen molar-refractivity contribution in [1.29, 1.82) is 0 Å². The molecular formula is C13H19BrN2O2. The quantitative estimate of drug-likeness (QED) is 0.848. The number of methoxy groups -OCH3 is 1. The van der Waals surface area contributed by atoms with E-state index in [0.717, 1.165) is 22.5 Å². The highest BCUT2D eigenvalue weighted by Gasteiger charge is 2.12. The maximum Gasteiger partial charge on any atom is 0.228 e. The minimum absolute atomic E-state index is 0.00742. The van der Waals surface area contributed by atoms with Crippen LogP contribution in [0.5, 0.6) is 5.75 Å². The Bertz CT molecular complexity index is 410. The third kappa shape index (κ3) is 4.31. The highest BCUT2D eigenvalue weighted by atomic mass is 79.9. The van der Waals surface area contributed by atoms with E-state index in [9.17, 15) is 4.79 Å². The smallest absolute Gasteiger partial charge is 0.228 e. The molecule has 0 bridgehead atoms. The fraction of sp³-hybridized carbons (Fsp3) is 0.462. The second kappa shape index (κ2) is 7.38. The summed E-state index contributed by atoms with van der Waals surface area (Å²) in [5.41, 5.74) is 0.760. The number of ether oxygens (including phenoxy) is 1. The molecule has 1 amide bonds. The van der Waals surface area contributed by atoms with Gasteiger partial charge in [-0.2, -0.15) is 0 Å². The summed E-state index contributed by atoms with van der Waals surface area (Å²) in [5, 5.41) is 6.03. The monoisotopic (exact) mass is 314 g/mol. The Hall–Kier alpha value is -1.07. The molecule has 1 atom stereocenters. The molecule has 0 heterocycles. The third-order valence-corrected chi connectivity index (χ3v) is 3.19. The second-order valence-electron chi connectivity index (χ2n) is 4.05. The maximum absolute atomic E-state index is 11.9. The first-order chi connectivity index (χ1) is 8.58. The summed E-state index contributed by atoms with van der Waals surface area (Å²) in [6, 6.07) is 5.47. The van der Waals surface area contributed by atoms with Gasteiger partial charge in [-0.25, -0.2) is 0 Å². The number of amides is 1. The predicted molar refractivity (Wildman–Crippen MR) is 77.0 cm³/mol. The van der Waals surface area contributed by atoms with Gasteiger partial charge in [0.2, 0.25) is 5.91 Å². The molecule has 100 valence electrons. The molecule has 0 spiro atoms. The normalized spacial score (nSPS) is 12.0. The topological polar surface area (TPSA) is 50.4 Å². The molecule has 18 heavy (non-hydrogen) atoms. The van der Waals surface area contributed by atoms with Crippen LogP contribution in [0.1, 0.15) is 13.8 Å². The molecule has 0 fully saturated rings. The van der Waals surface area contributed by atoms with Crippen LogP contribution in [0.15, 0.2) is 22.7 Å². The lowest BCUT2D eigenvalue weighted by molar-refractivity contribution is -0.119. The summed E-state index contributed by atoms with van der Waals surface area (Å²) in [6.07, 6.45) is 0. The van der Waals surface area contributed by atoms with E-state index < -0.39 is 0 Å². The Morgan fingerprint density at radius 2 is 2.22 bits per heavy atom. The van der Waals surface area contributed by atoms with E-state index >= 15 is 0 Å². The number of anilines is 1. The highest BCUT2D eigenvalue weighted by molar-refractivity contribution is 9.10. The Kier molecular flexibility index (Phi) is 6.15. The molecule has 2 N–H and O–H groups in total. The number of carbonyl (C=O) groups is 1. The van der Waals surface area contributed by atoms with Crippen LogP contribution >= 0.6 is 15.9 Å². The molecule has 5 heteroatoms. The molecular weight excluding hydrogens is 296 g/mol. The number of halogens is 1. The van der Waals surface area contributed by atoms with E-state index in [4.69, 9.17) is 4.74 Å². The molecule has 1 aromatic rings. The molecule has 1 rings (SSSR count). The summed E-state index contributed by atoms with van der Waals surface area (Å²) < 4.78 is 5.96. The van der Waals surface area contributed by atoms with Crippen LogP contribution in [-0.4, -0.2) is 26.1 Å². The summed E-state index contributed by atoms with van der Waals surface area (Å²) >= 11 is 3.39. The van der Waals surface area contributed by atoms with Gasteiger partial charge in [0.15, 0.2) is 0 Å². The van der Waals surface area contributed by atoms with Crippen LogP contribution in [0.2, 0.25) is 0 Å². The minimum Gasteiger partial charge on any atom is -0.496 e. The van der Waals surface area contributed by atoms with Gasteiger partial charge in [-0.15, -0.1) is 0 Å². The van der Waals surface area contributed by atoms with E-state index in [1.807, 2.05) is 32.0 Å². The summed E-state index contributed by atoms with van der Waals surface area (Å²) in [5.74, 6) is 0.688. The van der Waals surface area contributed by atoms with Crippen LogP contribution in [0.4, 0.5) is 5.69 Å². The number of rotatable bonds is 6. The van der Waals surface area contributed by atoms with Gasteiger partial charge in [-0.1, -0.05) is 13.8 Å².